The molecule has 0 aromatic carbocycles. The second kappa shape index (κ2) is 5.55. The van der Waals surface area contributed by atoms with Gasteiger partial charge in [-0.15, -0.1) is 0 Å². The van der Waals surface area contributed by atoms with Gasteiger partial charge in [0.25, 0.3) is 0 Å². The summed E-state index contributed by atoms with van der Waals surface area (Å²) in [6.07, 6.45) is 1.13. The summed E-state index contributed by atoms with van der Waals surface area (Å²) in [6.45, 7) is 3.83. The maximum absolute atomic E-state index is 11.1. The van der Waals surface area contributed by atoms with Gasteiger partial charge in [0, 0.05) is 12.1 Å². The van der Waals surface area contributed by atoms with Crippen molar-refractivity contribution < 1.29 is 9.90 Å². The number of carbonyl (C=O) groups excluding carboxylic acids is 1. The summed E-state index contributed by atoms with van der Waals surface area (Å²) < 4.78 is 0. The Hall–Kier alpha value is -1.08. The maximum Gasteiger partial charge on any atom is 0.234 e. The Morgan fingerprint density at radius 2 is 2.31 bits per heavy atom. The maximum atomic E-state index is 11.1. The number of hydrogen-bond acceptors (Lipinski definition) is 3. The third kappa shape index (κ3) is 4.48. The van der Waals surface area contributed by atoms with Gasteiger partial charge in [0.2, 0.25) is 5.91 Å². The lowest BCUT2D eigenvalue weighted by molar-refractivity contribution is -0.122. The Morgan fingerprint density at radius 1 is 1.69 bits per heavy atom. The molecule has 0 heterocycles. The Labute approximate surface area is 78.6 Å². The number of hydrogen-bond donors (Lipinski definition) is 2. The van der Waals surface area contributed by atoms with Crippen molar-refractivity contribution in [1.29, 1.82) is 5.26 Å². The third-order valence-corrected chi connectivity index (χ3v) is 2.12. The van der Waals surface area contributed by atoms with E-state index in [1.807, 2.05) is 13.8 Å². The van der Waals surface area contributed by atoms with Gasteiger partial charge in [-0.25, -0.2) is 0 Å². The Kier molecular flexibility index (Phi) is 5.09. The second-order valence-electron chi connectivity index (χ2n) is 3.27. The molecular weight excluding hydrogens is 168 g/mol. The lowest BCUT2D eigenvalue weighted by Crippen LogP contribution is -2.45. The van der Waals surface area contributed by atoms with E-state index in [-0.39, 0.29) is 24.5 Å². The standard InChI is InChI=1S/C9H16N2O2/c1-3-9(2,5-7-12)11-8(13)4-6-10/h12H,3-5,7H2,1-2H3,(H,11,13). The molecule has 4 nitrogen and oxygen atoms in total. The van der Waals surface area contributed by atoms with Gasteiger partial charge < -0.3 is 10.4 Å². The summed E-state index contributed by atoms with van der Waals surface area (Å²) >= 11 is 0. The summed E-state index contributed by atoms with van der Waals surface area (Å²) in [5.74, 6) is -0.277. The van der Waals surface area contributed by atoms with Crippen molar-refractivity contribution >= 4 is 5.91 Å². The molecule has 1 unspecified atom stereocenters. The monoisotopic (exact) mass is 184 g/mol. The lowest BCUT2D eigenvalue weighted by atomic mass is 9.95. The Morgan fingerprint density at radius 3 is 2.69 bits per heavy atom. The molecule has 0 saturated carbocycles. The number of carbonyl (C=O) groups is 1. The van der Waals surface area contributed by atoms with Gasteiger partial charge >= 0.3 is 0 Å². The first kappa shape index (κ1) is 11.9. The van der Waals surface area contributed by atoms with E-state index in [9.17, 15) is 4.79 Å². The molecule has 0 rings (SSSR count). The van der Waals surface area contributed by atoms with E-state index in [2.05, 4.69) is 5.32 Å². The summed E-state index contributed by atoms with van der Waals surface area (Å²) in [4.78, 5) is 11.1. The molecule has 0 bridgehead atoms. The van der Waals surface area contributed by atoms with Crippen molar-refractivity contribution in [2.75, 3.05) is 6.61 Å². The topological polar surface area (TPSA) is 73.1 Å². The number of nitriles is 1. The fourth-order valence-electron chi connectivity index (χ4n) is 1.03. The van der Waals surface area contributed by atoms with Crippen LogP contribution in [0.15, 0.2) is 0 Å². The van der Waals surface area contributed by atoms with Crippen LogP contribution in [-0.4, -0.2) is 23.2 Å². The van der Waals surface area contributed by atoms with Crippen molar-refractivity contribution in [2.45, 2.75) is 38.6 Å². The third-order valence-electron chi connectivity index (χ3n) is 2.12. The van der Waals surface area contributed by atoms with Crippen molar-refractivity contribution in [3.63, 3.8) is 0 Å². The van der Waals surface area contributed by atoms with Gasteiger partial charge in [-0.2, -0.15) is 5.26 Å². The predicted molar refractivity (Wildman–Crippen MR) is 48.8 cm³/mol. The van der Waals surface area contributed by atoms with Gasteiger partial charge in [0.15, 0.2) is 0 Å². The average molecular weight is 184 g/mol. The minimum absolute atomic E-state index is 0.0389. The molecule has 0 aliphatic heterocycles. The normalized spacial score (nSPS) is 14.3. The molecule has 0 aromatic rings. The fourth-order valence-corrected chi connectivity index (χ4v) is 1.03. The van der Waals surface area contributed by atoms with Gasteiger partial charge in [-0.3, -0.25) is 4.79 Å². The van der Waals surface area contributed by atoms with E-state index < -0.39 is 0 Å². The SMILES string of the molecule is CCC(C)(CCO)NC(=O)CC#N. The van der Waals surface area contributed by atoms with Crippen LogP contribution < -0.4 is 5.32 Å². The van der Waals surface area contributed by atoms with Gasteiger partial charge in [-0.05, 0) is 19.8 Å². The minimum Gasteiger partial charge on any atom is -0.396 e. The summed E-state index contributed by atoms with van der Waals surface area (Å²) in [6, 6.07) is 1.78. The predicted octanol–water partition coefficient (Wildman–Crippen LogP) is 0.567. The van der Waals surface area contributed by atoms with Crippen LogP contribution in [0.1, 0.15) is 33.1 Å². The number of rotatable bonds is 5. The summed E-state index contributed by atoms with van der Waals surface area (Å²) in [7, 11) is 0. The molecule has 0 aromatic heterocycles. The van der Waals surface area contributed by atoms with Crippen LogP contribution in [0.3, 0.4) is 0 Å². The zero-order chi connectivity index (χ0) is 10.3. The van der Waals surface area contributed by atoms with Gasteiger partial charge in [-0.1, -0.05) is 6.92 Å². The number of aliphatic hydroxyl groups excluding tert-OH is 1. The van der Waals surface area contributed by atoms with Crippen LogP contribution in [0.25, 0.3) is 0 Å². The van der Waals surface area contributed by atoms with E-state index in [4.69, 9.17) is 10.4 Å². The molecule has 13 heavy (non-hydrogen) atoms. The second-order valence-corrected chi connectivity index (χ2v) is 3.27. The van der Waals surface area contributed by atoms with Crippen LogP contribution in [-0.2, 0) is 4.79 Å². The molecule has 1 amide bonds. The average Bonchev–Trinajstić information content (AvgIpc) is 2.05. The van der Waals surface area contributed by atoms with Crippen LogP contribution in [0.4, 0.5) is 0 Å². The van der Waals surface area contributed by atoms with Crippen LogP contribution in [0, 0.1) is 11.3 Å². The van der Waals surface area contributed by atoms with Crippen LogP contribution in [0.2, 0.25) is 0 Å². The van der Waals surface area contributed by atoms with Crippen molar-refractivity contribution in [3.8, 4) is 6.07 Å². The number of aliphatic hydroxyl groups is 1. The molecule has 0 aliphatic carbocycles. The van der Waals surface area contributed by atoms with Crippen molar-refractivity contribution in [1.82, 2.24) is 5.32 Å². The molecule has 1 atom stereocenters. The highest BCUT2D eigenvalue weighted by molar-refractivity contribution is 5.78. The molecule has 0 fully saturated rings. The number of nitrogens with zero attached hydrogens (tertiary/aromatic N) is 1. The number of nitrogens with one attached hydrogen (secondary N) is 1. The van der Waals surface area contributed by atoms with Gasteiger partial charge in [0.1, 0.15) is 6.42 Å². The molecule has 0 saturated heterocycles. The van der Waals surface area contributed by atoms with E-state index in [0.717, 1.165) is 6.42 Å². The summed E-state index contributed by atoms with van der Waals surface area (Å²) in [5, 5.41) is 19.8. The summed E-state index contributed by atoms with van der Waals surface area (Å²) in [5.41, 5.74) is -0.386. The zero-order valence-electron chi connectivity index (χ0n) is 8.13. The molecule has 2 N–H and O–H groups in total. The van der Waals surface area contributed by atoms with Crippen LogP contribution >= 0.6 is 0 Å². The van der Waals surface area contributed by atoms with Crippen molar-refractivity contribution in [2.24, 2.45) is 0 Å². The highest BCUT2D eigenvalue weighted by Crippen LogP contribution is 2.13. The van der Waals surface area contributed by atoms with Crippen molar-refractivity contribution in [3.05, 3.63) is 0 Å². The molecule has 0 radical (unpaired) electrons. The quantitative estimate of drug-likeness (QED) is 0.656. The molecule has 74 valence electrons. The first-order valence-corrected chi connectivity index (χ1v) is 4.37. The lowest BCUT2D eigenvalue weighted by Gasteiger charge is -2.28. The minimum atomic E-state index is -0.386. The van der Waals surface area contributed by atoms with E-state index in [1.165, 1.54) is 0 Å². The fraction of sp³-hybridized carbons (Fsp3) is 0.778. The first-order valence-electron chi connectivity index (χ1n) is 4.37. The largest absolute Gasteiger partial charge is 0.396 e. The zero-order valence-corrected chi connectivity index (χ0v) is 8.13. The van der Waals surface area contributed by atoms with E-state index >= 15 is 0 Å². The van der Waals surface area contributed by atoms with Gasteiger partial charge in [0.05, 0.1) is 6.07 Å². The van der Waals surface area contributed by atoms with E-state index in [1.54, 1.807) is 6.07 Å². The Balaban J connectivity index is 4.11. The molecule has 0 aliphatic rings. The smallest absolute Gasteiger partial charge is 0.234 e. The number of amides is 1. The molecular formula is C9H16N2O2. The van der Waals surface area contributed by atoms with E-state index in [0.29, 0.717) is 6.42 Å². The van der Waals surface area contributed by atoms with Crippen LogP contribution in [0.5, 0.6) is 0 Å². The molecule has 4 heteroatoms. The molecule has 0 spiro atoms. The Bertz CT molecular complexity index is 210. The first-order chi connectivity index (χ1) is 6.08. The highest BCUT2D eigenvalue weighted by atomic mass is 16.3. The highest BCUT2D eigenvalue weighted by Gasteiger charge is 2.22.